The van der Waals surface area contributed by atoms with Crippen molar-refractivity contribution in [1.29, 1.82) is 0 Å². The second kappa shape index (κ2) is 6.36. The molecule has 1 aliphatic rings. The predicted molar refractivity (Wildman–Crippen MR) is 73.7 cm³/mol. The number of carbonyl (C=O) groups is 2. The number of aryl methyl sites for hydroxylation is 2. The van der Waals surface area contributed by atoms with Crippen molar-refractivity contribution in [2.75, 3.05) is 6.54 Å². The smallest absolute Gasteiger partial charge is 0.220 e. The monoisotopic (exact) mass is 260 g/mol. The molecule has 1 heterocycles. The molecular weight excluding hydrogens is 240 g/mol. The highest BCUT2D eigenvalue weighted by molar-refractivity contribution is 5.79. The van der Waals surface area contributed by atoms with Crippen LogP contribution in [0, 0.1) is 6.92 Å². The van der Waals surface area contributed by atoms with Crippen molar-refractivity contribution < 1.29 is 9.59 Å². The summed E-state index contributed by atoms with van der Waals surface area (Å²) in [6.45, 7) is 2.59. The Morgan fingerprint density at radius 3 is 3.00 bits per heavy atom. The summed E-state index contributed by atoms with van der Waals surface area (Å²) in [5.41, 5.74) is 2.40. The van der Waals surface area contributed by atoms with Gasteiger partial charge in [-0.15, -0.1) is 0 Å². The number of nitrogens with one attached hydrogen (secondary N) is 2. The van der Waals surface area contributed by atoms with Crippen molar-refractivity contribution in [3.05, 3.63) is 35.4 Å². The van der Waals surface area contributed by atoms with E-state index in [9.17, 15) is 9.59 Å². The molecule has 1 atom stereocenters. The van der Waals surface area contributed by atoms with E-state index in [2.05, 4.69) is 16.7 Å². The van der Waals surface area contributed by atoms with Gasteiger partial charge in [-0.3, -0.25) is 9.59 Å². The first-order valence-corrected chi connectivity index (χ1v) is 6.75. The Morgan fingerprint density at radius 2 is 2.32 bits per heavy atom. The van der Waals surface area contributed by atoms with Gasteiger partial charge in [0.05, 0.1) is 0 Å². The summed E-state index contributed by atoms with van der Waals surface area (Å²) in [5, 5.41) is 5.71. The molecule has 1 aromatic rings. The molecule has 0 radical (unpaired) electrons. The van der Waals surface area contributed by atoms with Gasteiger partial charge >= 0.3 is 0 Å². The molecule has 1 fully saturated rings. The molecule has 4 heteroatoms. The van der Waals surface area contributed by atoms with Crippen molar-refractivity contribution in [1.82, 2.24) is 10.6 Å². The van der Waals surface area contributed by atoms with Crippen LogP contribution in [0.25, 0.3) is 0 Å². The number of benzene rings is 1. The SMILES string of the molecule is Cc1cccc(CCC(=O)NCC2CCC(=O)N2)c1. The summed E-state index contributed by atoms with van der Waals surface area (Å²) in [4.78, 5) is 22.7. The van der Waals surface area contributed by atoms with Gasteiger partial charge in [-0.1, -0.05) is 29.8 Å². The molecule has 0 saturated carbocycles. The van der Waals surface area contributed by atoms with Crippen molar-refractivity contribution in [3.8, 4) is 0 Å². The van der Waals surface area contributed by atoms with Crippen LogP contribution < -0.4 is 10.6 Å². The second-order valence-corrected chi connectivity index (χ2v) is 5.10. The second-order valence-electron chi connectivity index (χ2n) is 5.10. The topological polar surface area (TPSA) is 58.2 Å². The molecule has 1 aromatic carbocycles. The maximum atomic E-state index is 11.7. The first kappa shape index (κ1) is 13.6. The van der Waals surface area contributed by atoms with E-state index in [0.29, 0.717) is 19.4 Å². The predicted octanol–water partition coefficient (Wildman–Crippen LogP) is 1.32. The van der Waals surface area contributed by atoms with Crippen LogP contribution in [0.4, 0.5) is 0 Å². The Bertz CT molecular complexity index is 471. The molecule has 2 rings (SSSR count). The maximum absolute atomic E-state index is 11.7. The third-order valence-electron chi connectivity index (χ3n) is 3.35. The normalized spacial score (nSPS) is 18.2. The van der Waals surface area contributed by atoms with Gasteiger partial charge in [0.25, 0.3) is 0 Å². The summed E-state index contributed by atoms with van der Waals surface area (Å²) < 4.78 is 0. The van der Waals surface area contributed by atoms with Crippen LogP contribution in [-0.4, -0.2) is 24.4 Å². The fourth-order valence-electron chi connectivity index (χ4n) is 2.28. The largest absolute Gasteiger partial charge is 0.354 e. The van der Waals surface area contributed by atoms with Crippen LogP contribution in [0.1, 0.15) is 30.4 Å². The van der Waals surface area contributed by atoms with Gasteiger partial charge in [-0.2, -0.15) is 0 Å². The van der Waals surface area contributed by atoms with E-state index in [4.69, 9.17) is 0 Å². The minimum atomic E-state index is 0.0441. The molecule has 0 bridgehead atoms. The minimum Gasteiger partial charge on any atom is -0.354 e. The molecule has 0 aliphatic carbocycles. The average Bonchev–Trinajstić information content (AvgIpc) is 2.80. The maximum Gasteiger partial charge on any atom is 0.220 e. The Labute approximate surface area is 113 Å². The van der Waals surface area contributed by atoms with Crippen LogP contribution in [0.5, 0.6) is 0 Å². The highest BCUT2D eigenvalue weighted by Crippen LogP contribution is 2.07. The van der Waals surface area contributed by atoms with Crippen molar-refractivity contribution in [3.63, 3.8) is 0 Å². The highest BCUT2D eigenvalue weighted by atomic mass is 16.2. The van der Waals surface area contributed by atoms with Crippen LogP contribution in [0.15, 0.2) is 24.3 Å². The van der Waals surface area contributed by atoms with E-state index >= 15 is 0 Å². The highest BCUT2D eigenvalue weighted by Gasteiger charge is 2.20. The molecule has 0 spiro atoms. The van der Waals surface area contributed by atoms with Crippen molar-refractivity contribution in [2.24, 2.45) is 0 Å². The van der Waals surface area contributed by atoms with Gasteiger partial charge in [0.2, 0.25) is 11.8 Å². The molecule has 19 heavy (non-hydrogen) atoms. The standard InChI is InChI=1S/C15H20N2O2/c1-11-3-2-4-12(9-11)5-7-14(18)16-10-13-6-8-15(19)17-13/h2-4,9,13H,5-8,10H2,1H3,(H,16,18)(H,17,19). The summed E-state index contributed by atoms with van der Waals surface area (Å²) in [6.07, 6.45) is 2.63. The van der Waals surface area contributed by atoms with E-state index in [0.717, 1.165) is 12.8 Å². The van der Waals surface area contributed by atoms with Crippen molar-refractivity contribution in [2.45, 2.75) is 38.6 Å². The lowest BCUT2D eigenvalue weighted by Crippen LogP contribution is -2.38. The molecule has 4 nitrogen and oxygen atoms in total. The summed E-state index contributed by atoms with van der Waals surface area (Å²) in [5.74, 6) is 0.127. The van der Waals surface area contributed by atoms with E-state index in [1.54, 1.807) is 0 Å². The lowest BCUT2D eigenvalue weighted by molar-refractivity contribution is -0.122. The van der Waals surface area contributed by atoms with E-state index in [1.807, 2.05) is 25.1 Å². The molecule has 0 aromatic heterocycles. The van der Waals surface area contributed by atoms with Gasteiger partial charge in [0.1, 0.15) is 0 Å². The van der Waals surface area contributed by atoms with Crippen LogP contribution in [0.3, 0.4) is 0 Å². The molecule has 1 unspecified atom stereocenters. The summed E-state index contributed by atoms with van der Waals surface area (Å²) >= 11 is 0. The Kier molecular flexibility index (Phi) is 4.55. The lowest BCUT2D eigenvalue weighted by atomic mass is 10.1. The zero-order chi connectivity index (χ0) is 13.7. The molecular formula is C15H20N2O2. The van der Waals surface area contributed by atoms with Gasteiger partial charge in [0, 0.05) is 25.4 Å². The molecule has 2 N–H and O–H groups in total. The Morgan fingerprint density at radius 1 is 1.47 bits per heavy atom. The lowest BCUT2D eigenvalue weighted by Gasteiger charge is -2.11. The molecule has 1 aliphatic heterocycles. The minimum absolute atomic E-state index is 0.0441. The zero-order valence-electron chi connectivity index (χ0n) is 11.2. The van der Waals surface area contributed by atoms with E-state index in [1.165, 1.54) is 11.1 Å². The molecule has 102 valence electrons. The third-order valence-corrected chi connectivity index (χ3v) is 3.35. The fourth-order valence-corrected chi connectivity index (χ4v) is 2.28. The van der Waals surface area contributed by atoms with Crippen molar-refractivity contribution >= 4 is 11.8 Å². The van der Waals surface area contributed by atoms with E-state index in [-0.39, 0.29) is 17.9 Å². The number of hydrogen-bond donors (Lipinski definition) is 2. The first-order valence-electron chi connectivity index (χ1n) is 6.75. The van der Waals surface area contributed by atoms with Crippen LogP contribution >= 0.6 is 0 Å². The Balaban J connectivity index is 1.68. The zero-order valence-corrected chi connectivity index (χ0v) is 11.2. The summed E-state index contributed by atoms with van der Waals surface area (Å²) in [7, 11) is 0. The van der Waals surface area contributed by atoms with Gasteiger partial charge in [-0.25, -0.2) is 0 Å². The van der Waals surface area contributed by atoms with Crippen LogP contribution in [0.2, 0.25) is 0 Å². The van der Waals surface area contributed by atoms with Gasteiger partial charge in [-0.05, 0) is 25.3 Å². The van der Waals surface area contributed by atoms with Crippen LogP contribution in [-0.2, 0) is 16.0 Å². The van der Waals surface area contributed by atoms with Gasteiger partial charge in [0.15, 0.2) is 0 Å². The molecule has 2 amide bonds. The van der Waals surface area contributed by atoms with Gasteiger partial charge < -0.3 is 10.6 Å². The Hall–Kier alpha value is -1.84. The first-order chi connectivity index (χ1) is 9.13. The third kappa shape index (κ3) is 4.39. The fraction of sp³-hybridized carbons (Fsp3) is 0.467. The quantitative estimate of drug-likeness (QED) is 0.839. The number of carbonyl (C=O) groups excluding carboxylic acids is 2. The molecule has 1 saturated heterocycles. The number of amides is 2. The summed E-state index contributed by atoms with van der Waals surface area (Å²) in [6, 6.07) is 8.31. The van der Waals surface area contributed by atoms with E-state index < -0.39 is 0 Å². The number of hydrogen-bond acceptors (Lipinski definition) is 2. The average molecular weight is 260 g/mol. The number of rotatable bonds is 5.